The molecular weight excluding hydrogens is 406 g/mol. The predicted molar refractivity (Wildman–Crippen MR) is 117 cm³/mol. The fourth-order valence-electron chi connectivity index (χ4n) is 3.53. The minimum Gasteiger partial charge on any atom is -0.497 e. The molecule has 0 saturated carbocycles. The second-order valence-corrected chi connectivity index (χ2v) is 7.32. The van der Waals surface area contributed by atoms with Crippen molar-refractivity contribution < 1.29 is 23.7 Å². The van der Waals surface area contributed by atoms with Crippen LogP contribution in [0.4, 0.5) is 0 Å². The van der Waals surface area contributed by atoms with Crippen molar-refractivity contribution in [1.82, 2.24) is 0 Å². The van der Waals surface area contributed by atoms with E-state index in [9.17, 15) is 4.79 Å². The summed E-state index contributed by atoms with van der Waals surface area (Å²) in [6, 6.07) is 16.8. The highest BCUT2D eigenvalue weighted by atomic mass is 35.5. The van der Waals surface area contributed by atoms with E-state index in [4.69, 9.17) is 24.7 Å². The van der Waals surface area contributed by atoms with Gasteiger partial charge in [0.05, 0.1) is 13.7 Å². The van der Waals surface area contributed by atoms with Gasteiger partial charge in [0.15, 0.2) is 0 Å². The Hall–Kier alpha value is -2.28. The van der Waals surface area contributed by atoms with E-state index in [0.717, 1.165) is 29.9 Å². The molecule has 4 atom stereocenters. The largest absolute Gasteiger partial charge is 0.497 e. The van der Waals surface area contributed by atoms with Crippen LogP contribution in [-0.4, -0.2) is 44.5 Å². The lowest BCUT2D eigenvalue weighted by molar-refractivity contribution is -0.159. The molecule has 164 valence electrons. The Bertz CT molecular complexity index is 771. The number of halogens is 1. The van der Waals surface area contributed by atoms with Gasteiger partial charge in [-0.25, -0.2) is 0 Å². The van der Waals surface area contributed by atoms with Crippen LogP contribution in [0.25, 0.3) is 0 Å². The molecule has 1 aliphatic rings. The van der Waals surface area contributed by atoms with Gasteiger partial charge in [-0.1, -0.05) is 30.3 Å². The predicted octanol–water partition coefficient (Wildman–Crippen LogP) is 3.40. The molecule has 6 nitrogen and oxygen atoms in total. The lowest BCUT2D eigenvalue weighted by atomic mass is 9.88. The van der Waals surface area contributed by atoms with Crippen molar-refractivity contribution in [2.45, 2.75) is 38.0 Å². The fourth-order valence-corrected chi connectivity index (χ4v) is 3.53. The van der Waals surface area contributed by atoms with Crippen LogP contribution in [0.1, 0.15) is 18.9 Å². The first-order chi connectivity index (χ1) is 14.1. The van der Waals surface area contributed by atoms with E-state index in [1.54, 1.807) is 7.11 Å². The highest BCUT2D eigenvalue weighted by Crippen LogP contribution is 2.27. The number of carbonyl (C=O) groups excluding carboxylic acids is 1. The number of para-hydroxylation sites is 1. The van der Waals surface area contributed by atoms with Crippen LogP contribution < -0.4 is 15.2 Å². The van der Waals surface area contributed by atoms with Crippen LogP contribution in [0.3, 0.4) is 0 Å². The van der Waals surface area contributed by atoms with Crippen molar-refractivity contribution in [3.8, 4) is 11.5 Å². The summed E-state index contributed by atoms with van der Waals surface area (Å²) in [6.07, 6.45) is 0.740. The Labute approximate surface area is 184 Å². The molecule has 2 aromatic rings. The van der Waals surface area contributed by atoms with Crippen molar-refractivity contribution in [3.63, 3.8) is 0 Å². The second kappa shape index (κ2) is 11.8. The fraction of sp³-hybridized carbons (Fsp3) is 0.435. The van der Waals surface area contributed by atoms with E-state index in [1.165, 1.54) is 0 Å². The quantitative estimate of drug-likeness (QED) is 0.725. The van der Waals surface area contributed by atoms with Crippen LogP contribution in [0.15, 0.2) is 54.6 Å². The Kier molecular flexibility index (Phi) is 9.43. The number of cyclic esters (lactones) is 1. The van der Waals surface area contributed by atoms with Gasteiger partial charge in [-0.2, -0.15) is 0 Å². The standard InChI is InChI=1S/C23H29NO5.ClH/c1-16-22(29-20-6-4-3-5-7-20)18(12-13-27-15-21(24)23(25)28-16)14-17-8-10-19(26-2)11-9-17;/h3-11,16,18,21-22H,12-15,24H2,1-2H3;1H/t16-,18+,21-,22-;/m0./s1. The molecule has 0 unspecified atom stereocenters. The zero-order chi connectivity index (χ0) is 20.6. The Morgan fingerprint density at radius 3 is 2.43 bits per heavy atom. The highest BCUT2D eigenvalue weighted by Gasteiger charge is 2.33. The van der Waals surface area contributed by atoms with Gasteiger partial charge in [0.1, 0.15) is 29.7 Å². The maximum atomic E-state index is 12.3. The third-order valence-electron chi connectivity index (χ3n) is 5.13. The van der Waals surface area contributed by atoms with Crippen LogP contribution in [0.2, 0.25) is 0 Å². The molecule has 30 heavy (non-hydrogen) atoms. The number of methoxy groups -OCH3 is 1. The van der Waals surface area contributed by atoms with Gasteiger partial charge in [0.2, 0.25) is 0 Å². The third-order valence-corrected chi connectivity index (χ3v) is 5.13. The van der Waals surface area contributed by atoms with Crippen molar-refractivity contribution in [3.05, 3.63) is 60.2 Å². The maximum Gasteiger partial charge on any atom is 0.325 e. The van der Waals surface area contributed by atoms with Gasteiger partial charge in [-0.15, -0.1) is 12.4 Å². The van der Waals surface area contributed by atoms with E-state index >= 15 is 0 Å². The summed E-state index contributed by atoms with van der Waals surface area (Å²) in [7, 11) is 1.65. The first-order valence-electron chi connectivity index (χ1n) is 9.95. The third kappa shape index (κ3) is 6.62. The number of hydrogen-bond donors (Lipinski definition) is 1. The molecule has 0 aliphatic carbocycles. The van der Waals surface area contributed by atoms with Crippen LogP contribution in [-0.2, 0) is 20.7 Å². The molecule has 0 spiro atoms. The lowest BCUT2D eigenvalue weighted by Crippen LogP contribution is -2.46. The van der Waals surface area contributed by atoms with E-state index in [1.807, 2.05) is 61.5 Å². The molecule has 0 bridgehead atoms. The summed E-state index contributed by atoms with van der Waals surface area (Å²) in [5.41, 5.74) is 7.02. The molecule has 2 N–H and O–H groups in total. The molecule has 0 aromatic heterocycles. The molecule has 2 aromatic carbocycles. The van der Waals surface area contributed by atoms with E-state index in [-0.39, 0.29) is 31.0 Å². The van der Waals surface area contributed by atoms with Crippen molar-refractivity contribution in [2.75, 3.05) is 20.3 Å². The molecule has 1 heterocycles. The molecule has 3 rings (SSSR count). The summed E-state index contributed by atoms with van der Waals surface area (Å²) in [6.45, 7) is 2.52. The van der Waals surface area contributed by atoms with Gasteiger partial charge in [-0.3, -0.25) is 4.79 Å². The number of nitrogens with two attached hydrogens (primary N) is 1. The number of hydrogen-bond acceptors (Lipinski definition) is 6. The molecule has 1 fully saturated rings. The summed E-state index contributed by atoms with van der Waals surface area (Å²) in [5, 5.41) is 0. The Morgan fingerprint density at radius 1 is 1.07 bits per heavy atom. The molecule has 7 heteroatoms. The first kappa shape index (κ1) is 24.0. The van der Waals surface area contributed by atoms with Crippen molar-refractivity contribution in [2.24, 2.45) is 11.7 Å². The summed E-state index contributed by atoms with van der Waals surface area (Å²) in [4.78, 5) is 12.3. The number of carbonyl (C=O) groups is 1. The number of esters is 1. The zero-order valence-corrected chi connectivity index (χ0v) is 18.2. The zero-order valence-electron chi connectivity index (χ0n) is 17.4. The van der Waals surface area contributed by atoms with Gasteiger partial charge in [0.25, 0.3) is 0 Å². The first-order valence-corrected chi connectivity index (χ1v) is 9.95. The number of ether oxygens (including phenoxy) is 4. The van der Waals surface area contributed by atoms with Crippen molar-refractivity contribution >= 4 is 18.4 Å². The average molecular weight is 436 g/mol. The van der Waals surface area contributed by atoms with Crippen molar-refractivity contribution in [1.29, 1.82) is 0 Å². The SMILES string of the molecule is COc1ccc(C[C@H]2CCOC[C@H](N)C(=O)O[C@@H](C)[C@@H]2Oc2ccccc2)cc1.Cl. The van der Waals surface area contributed by atoms with Crippen LogP contribution in [0.5, 0.6) is 11.5 Å². The van der Waals surface area contributed by atoms with E-state index in [2.05, 4.69) is 0 Å². The van der Waals surface area contributed by atoms with E-state index in [0.29, 0.717) is 6.61 Å². The lowest BCUT2D eigenvalue weighted by Gasteiger charge is -2.33. The van der Waals surface area contributed by atoms with Crippen LogP contribution in [0, 0.1) is 5.92 Å². The normalized spacial score (nSPS) is 24.8. The van der Waals surface area contributed by atoms with Gasteiger partial charge in [0, 0.05) is 12.5 Å². The summed E-state index contributed by atoms with van der Waals surface area (Å²) >= 11 is 0. The van der Waals surface area contributed by atoms with Gasteiger partial charge in [-0.05, 0) is 49.6 Å². The Morgan fingerprint density at radius 2 is 1.77 bits per heavy atom. The molecule has 0 amide bonds. The van der Waals surface area contributed by atoms with Gasteiger partial charge < -0.3 is 24.7 Å². The topological polar surface area (TPSA) is 80.0 Å². The monoisotopic (exact) mass is 435 g/mol. The average Bonchev–Trinajstić information content (AvgIpc) is 2.74. The minimum atomic E-state index is -0.784. The van der Waals surface area contributed by atoms with Crippen LogP contribution >= 0.6 is 12.4 Å². The summed E-state index contributed by atoms with van der Waals surface area (Å²) in [5.74, 6) is 1.17. The second-order valence-electron chi connectivity index (χ2n) is 7.32. The molecule has 1 saturated heterocycles. The summed E-state index contributed by atoms with van der Waals surface area (Å²) < 4.78 is 22.8. The molecule has 0 radical (unpaired) electrons. The highest BCUT2D eigenvalue weighted by molar-refractivity contribution is 5.85. The van der Waals surface area contributed by atoms with E-state index < -0.39 is 18.1 Å². The maximum absolute atomic E-state index is 12.3. The number of rotatable bonds is 5. The number of benzene rings is 2. The van der Waals surface area contributed by atoms with Gasteiger partial charge >= 0.3 is 5.97 Å². The molecule has 1 aliphatic heterocycles. The Balaban J connectivity index is 0.00000320. The minimum absolute atomic E-state index is 0. The molecular formula is C23H30ClNO5. The smallest absolute Gasteiger partial charge is 0.325 e.